The minimum absolute atomic E-state index is 0.105. The van der Waals surface area contributed by atoms with Gasteiger partial charge in [0.25, 0.3) is 0 Å². The van der Waals surface area contributed by atoms with Crippen LogP contribution in [0, 0.1) is 12.7 Å². The number of benzene rings is 2. The molecule has 2 aromatic carbocycles. The van der Waals surface area contributed by atoms with Crippen molar-refractivity contribution in [2.45, 2.75) is 24.8 Å². The first-order chi connectivity index (χ1) is 12.6. The first kappa shape index (κ1) is 18.5. The lowest BCUT2D eigenvalue weighted by atomic mass is 10.2. The quantitative estimate of drug-likeness (QED) is 0.611. The van der Waals surface area contributed by atoms with E-state index < -0.39 is 6.10 Å². The number of aliphatic hydroxyl groups excluding tert-OH is 1. The molecule has 136 valence electrons. The summed E-state index contributed by atoms with van der Waals surface area (Å²) < 4.78 is 20.5. The van der Waals surface area contributed by atoms with Crippen LogP contribution in [0.15, 0.2) is 53.7 Å². The minimum Gasteiger partial charge on any atom is -0.390 e. The molecule has 0 fully saturated rings. The summed E-state index contributed by atoms with van der Waals surface area (Å²) in [6.45, 7) is 2.24. The van der Waals surface area contributed by atoms with E-state index >= 15 is 0 Å². The van der Waals surface area contributed by atoms with Crippen LogP contribution in [0.4, 0.5) is 4.39 Å². The second kappa shape index (κ2) is 8.88. The molecule has 0 aliphatic heterocycles. The zero-order valence-electron chi connectivity index (χ0n) is 14.2. The Morgan fingerprint density at radius 3 is 2.73 bits per heavy atom. The second-order valence-electron chi connectivity index (χ2n) is 5.78. The van der Waals surface area contributed by atoms with E-state index in [-0.39, 0.29) is 19.0 Å². The molecule has 26 heavy (non-hydrogen) atoms. The van der Waals surface area contributed by atoms with Crippen molar-refractivity contribution in [3.05, 3.63) is 65.5 Å². The molecule has 6 nitrogen and oxygen atoms in total. The monoisotopic (exact) mass is 374 g/mol. The summed E-state index contributed by atoms with van der Waals surface area (Å²) in [5.74, 6) is 0.0531. The van der Waals surface area contributed by atoms with E-state index in [9.17, 15) is 9.50 Å². The normalized spacial score (nSPS) is 12.3. The maximum atomic E-state index is 13.5. The number of aromatic nitrogens is 4. The van der Waals surface area contributed by atoms with Gasteiger partial charge in [0.2, 0.25) is 5.16 Å². The fourth-order valence-corrected chi connectivity index (χ4v) is 3.05. The highest BCUT2D eigenvalue weighted by molar-refractivity contribution is 7.99. The first-order valence-corrected chi connectivity index (χ1v) is 9.09. The predicted molar refractivity (Wildman–Crippen MR) is 96.7 cm³/mol. The number of ether oxygens (including phenoxy) is 1. The average molecular weight is 374 g/mol. The van der Waals surface area contributed by atoms with Gasteiger partial charge in [-0.3, -0.25) is 0 Å². The van der Waals surface area contributed by atoms with Crippen LogP contribution in [-0.4, -0.2) is 43.8 Å². The van der Waals surface area contributed by atoms with Gasteiger partial charge in [-0.1, -0.05) is 47.7 Å². The Hall–Kier alpha value is -2.29. The first-order valence-electron chi connectivity index (χ1n) is 8.11. The van der Waals surface area contributed by atoms with Gasteiger partial charge in [0, 0.05) is 11.3 Å². The zero-order chi connectivity index (χ0) is 18.4. The molecule has 0 amide bonds. The van der Waals surface area contributed by atoms with Gasteiger partial charge in [-0.25, -0.2) is 4.39 Å². The SMILES string of the molecule is Cc1ccc(-n2nnnc2SC[C@@H](O)COCc2ccccc2F)cc1. The van der Waals surface area contributed by atoms with Crippen LogP contribution in [0.3, 0.4) is 0 Å². The largest absolute Gasteiger partial charge is 0.390 e. The number of nitrogens with zero attached hydrogens (tertiary/aromatic N) is 4. The molecule has 0 unspecified atom stereocenters. The molecule has 0 saturated carbocycles. The lowest BCUT2D eigenvalue weighted by Crippen LogP contribution is -2.18. The van der Waals surface area contributed by atoms with Gasteiger partial charge >= 0.3 is 0 Å². The molecule has 8 heteroatoms. The number of rotatable bonds is 8. The Balaban J connectivity index is 1.49. The Morgan fingerprint density at radius 1 is 1.19 bits per heavy atom. The fraction of sp³-hybridized carbons (Fsp3) is 0.278. The summed E-state index contributed by atoms with van der Waals surface area (Å²) in [6, 6.07) is 14.3. The number of halogens is 1. The number of aryl methyl sites for hydroxylation is 1. The van der Waals surface area contributed by atoms with Gasteiger partial charge in [-0.05, 0) is 35.5 Å². The van der Waals surface area contributed by atoms with E-state index in [1.165, 1.54) is 17.8 Å². The number of aliphatic hydroxyl groups is 1. The Labute approximate surface area is 155 Å². The van der Waals surface area contributed by atoms with Crippen molar-refractivity contribution in [3.8, 4) is 5.69 Å². The van der Waals surface area contributed by atoms with Gasteiger partial charge in [-0.2, -0.15) is 4.68 Å². The van der Waals surface area contributed by atoms with Crippen molar-refractivity contribution < 1.29 is 14.2 Å². The molecule has 0 radical (unpaired) electrons. The highest BCUT2D eigenvalue weighted by Crippen LogP contribution is 2.19. The van der Waals surface area contributed by atoms with Gasteiger partial charge < -0.3 is 9.84 Å². The van der Waals surface area contributed by atoms with Crippen LogP contribution in [0.5, 0.6) is 0 Å². The molecule has 3 aromatic rings. The molecule has 1 N–H and O–H groups in total. The maximum absolute atomic E-state index is 13.5. The molecule has 1 aromatic heterocycles. The molecule has 0 bridgehead atoms. The third-order valence-electron chi connectivity index (χ3n) is 3.65. The summed E-state index contributed by atoms with van der Waals surface area (Å²) in [6.07, 6.45) is -0.713. The molecule has 0 saturated heterocycles. The number of tetrazole rings is 1. The minimum atomic E-state index is -0.713. The van der Waals surface area contributed by atoms with Crippen LogP contribution in [0.1, 0.15) is 11.1 Å². The second-order valence-corrected chi connectivity index (χ2v) is 6.77. The standard InChI is InChI=1S/C18H19FN4O2S/c1-13-6-8-15(9-7-13)23-18(20-21-22-23)26-12-16(24)11-25-10-14-4-2-3-5-17(14)19/h2-9,16,24H,10-12H2,1H3/t16-/m0/s1. The van der Waals surface area contributed by atoms with Crippen molar-refractivity contribution in [1.29, 1.82) is 0 Å². The van der Waals surface area contributed by atoms with Gasteiger partial charge in [0.05, 0.1) is 25.0 Å². The van der Waals surface area contributed by atoms with Crippen molar-refractivity contribution in [1.82, 2.24) is 20.2 Å². The van der Waals surface area contributed by atoms with E-state index in [0.717, 1.165) is 11.3 Å². The molecular weight excluding hydrogens is 355 g/mol. The molecule has 0 aliphatic carbocycles. The van der Waals surface area contributed by atoms with Crippen molar-refractivity contribution >= 4 is 11.8 Å². The van der Waals surface area contributed by atoms with Crippen LogP contribution >= 0.6 is 11.8 Å². The number of thioether (sulfide) groups is 1. The van der Waals surface area contributed by atoms with Crippen LogP contribution in [-0.2, 0) is 11.3 Å². The number of hydrogen-bond donors (Lipinski definition) is 1. The Bertz CT molecular complexity index is 841. The van der Waals surface area contributed by atoms with Crippen molar-refractivity contribution in [2.24, 2.45) is 0 Å². The summed E-state index contributed by atoms with van der Waals surface area (Å²) in [4.78, 5) is 0. The van der Waals surface area contributed by atoms with E-state index in [0.29, 0.717) is 16.5 Å². The average Bonchev–Trinajstić information content (AvgIpc) is 3.11. The van der Waals surface area contributed by atoms with E-state index in [4.69, 9.17) is 4.74 Å². The molecule has 1 atom stereocenters. The van der Waals surface area contributed by atoms with Crippen LogP contribution < -0.4 is 0 Å². The highest BCUT2D eigenvalue weighted by atomic mass is 32.2. The van der Waals surface area contributed by atoms with Crippen LogP contribution in [0.25, 0.3) is 5.69 Å². The Kier molecular flexibility index (Phi) is 6.32. The lowest BCUT2D eigenvalue weighted by Gasteiger charge is -2.11. The fourth-order valence-electron chi connectivity index (χ4n) is 2.26. The summed E-state index contributed by atoms with van der Waals surface area (Å²) >= 11 is 1.33. The number of hydrogen-bond acceptors (Lipinski definition) is 6. The van der Waals surface area contributed by atoms with Crippen molar-refractivity contribution in [2.75, 3.05) is 12.4 Å². The third kappa shape index (κ3) is 4.87. The van der Waals surface area contributed by atoms with Gasteiger partial charge in [-0.15, -0.1) is 5.10 Å². The van der Waals surface area contributed by atoms with E-state index in [1.54, 1.807) is 22.9 Å². The van der Waals surface area contributed by atoms with Gasteiger partial charge in [0.15, 0.2) is 0 Å². The van der Waals surface area contributed by atoms with Crippen molar-refractivity contribution in [3.63, 3.8) is 0 Å². The highest BCUT2D eigenvalue weighted by Gasteiger charge is 2.13. The summed E-state index contributed by atoms with van der Waals surface area (Å²) in [5.41, 5.74) is 2.47. The molecule has 3 rings (SSSR count). The summed E-state index contributed by atoms with van der Waals surface area (Å²) in [7, 11) is 0. The third-order valence-corrected chi connectivity index (χ3v) is 4.71. The molecular formula is C18H19FN4O2S. The smallest absolute Gasteiger partial charge is 0.214 e. The lowest BCUT2D eigenvalue weighted by molar-refractivity contribution is 0.0386. The maximum Gasteiger partial charge on any atom is 0.214 e. The van der Waals surface area contributed by atoms with Gasteiger partial charge in [0.1, 0.15) is 5.82 Å². The van der Waals surface area contributed by atoms with E-state index in [1.807, 2.05) is 31.2 Å². The molecule has 0 spiro atoms. The predicted octanol–water partition coefficient (Wildman–Crippen LogP) is 2.78. The summed E-state index contributed by atoms with van der Waals surface area (Å²) in [5, 5.41) is 22.3. The zero-order valence-corrected chi connectivity index (χ0v) is 15.1. The molecule has 1 heterocycles. The Morgan fingerprint density at radius 2 is 1.96 bits per heavy atom. The molecule has 0 aliphatic rings. The van der Waals surface area contributed by atoms with Crippen LogP contribution in [0.2, 0.25) is 0 Å². The topological polar surface area (TPSA) is 73.1 Å². The van der Waals surface area contributed by atoms with E-state index in [2.05, 4.69) is 15.5 Å².